The summed E-state index contributed by atoms with van der Waals surface area (Å²) in [6.45, 7) is 4.22. The monoisotopic (exact) mass is 134 g/mol. The van der Waals surface area contributed by atoms with E-state index in [1.807, 2.05) is 0 Å². The second-order valence-electron chi connectivity index (χ2n) is 4.27. The van der Waals surface area contributed by atoms with Gasteiger partial charge in [-0.1, -0.05) is 12.2 Å². The quantitative estimate of drug-likeness (QED) is 0.447. The molecular weight excluding hydrogens is 120 g/mol. The molecule has 0 N–H and O–H groups in total. The smallest absolute Gasteiger partial charge is 0.0172 e. The highest BCUT2D eigenvalue weighted by Gasteiger charge is 2.53. The van der Waals surface area contributed by atoms with Gasteiger partial charge in [0.15, 0.2) is 0 Å². The summed E-state index contributed by atoms with van der Waals surface area (Å²) in [5.41, 5.74) is 1.63. The number of hydrogen-bond acceptors (Lipinski definition) is 0. The van der Waals surface area contributed by atoms with Gasteiger partial charge < -0.3 is 0 Å². The van der Waals surface area contributed by atoms with Crippen LogP contribution in [0.2, 0.25) is 0 Å². The lowest BCUT2D eigenvalue weighted by Gasteiger charge is -2.39. The molecule has 0 nitrogen and oxygen atoms in total. The third kappa shape index (κ3) is 0.398. The van der Waals surface area contributed by atoms with Crippen LogP contribution in [0.15, 0.2) is 12.2 Å². The van der Waals surface area contributed by atoms with E-state index in [1.165, 1.54) is 25.7 Å². The summed E-state index contributed by atoms with van der Waals surface area (Å²) in [5, 5.41) is 0. The van der Waals surface area contributed by atoms with Crippen molar-refractivity contribution >= 4 is 0 Å². The second kappa shape index (κ2) is 1.49. The Bertz CT molecular complexity index is 172. The molecule has 3 saturated carbocycles. The standard InChI is InChI=1S/C10H14/c1-6-7-2-3-8(6)10-5-4-9(7)10/h7-10H,1-5H2. The number of hydrogen-bond donors (Lipinski definition) is 0. The minimum Gasteiger partial charge on any atom is -0.0993 e. The van der Waals surface area contributed by atoms with Crippen LogP contribution in [0.3, 0.4) is 0 Å². The van der Waals surface area contributed by atoms with Crippen LogP contribution in [0.4, 0.5) is 0 Å². The van der Waals surface area contributed by atoms with E-state index in [0.717, 1.165) is 23.7 Å². The molecule has 10 heavy (non-hydrogen) atoms. The summed E-state index contributed by atoms with van der Waals surface area (Å²) in [4.78, 5) is 0. The molecule has 3 aliphatic rings. The summed E-state index contributed by atoms with van der Waals surface area (Å²) in [6, 6.07) is 0. The van der Waals surface area contributed by atoms with Crippen molar-refractivity contribution < 1.29 is 0 Å². The molecule has 0 radical (unpaired) electrons. The second-order valence-corrected chi connectivity index (χ2v) is 4.27. The van der Waals surface area contributed by atoms with Gasteiger partial charge in [-0.05, 0) is 49.4 Å². The Morgan fingerprint density at radius 2 is 1.40 bits per heavy atom. The zero-order valence-electron chi connectivity index (χ0n) is 6.34. The lowest BCUT2D eigenvalue weighted by atomic mass is 9.66. The summed E-state index contributed by atoms with van der Waals surface area (Å²) >= 11 is 0. The van der Waals surface area contributed by atoms with Crippen LogP contribution in [0, 0.1) is 23.7 Å². The Morgan fingerprint density at radius 3 is 1.70 bits per heavy atom. The Labute approximate surface area is 62.3 Å². The third-order valence-electron chi connectivity index (χ3n) is 4.16. The van der Waals surface area contributed by atoms with Crippen LogP contribution < -0.4 is 0 Å². The van der Waals surface area contributed by atoms with Crippen molar-refractivity contribution in [3.63, 3.8) is 0 Å². The maximum absolute atomic E-state index is 4.22. The molecule has 0 heteroatoms. The highest BCUT2D eigenvalue weighted by Crippen LogP contribution is 2.63. The highest BCUT2D eigenvalue weighted by atomic mass is 14.6. The van der Waals surface area contributed by atoms with Gasteiger partial charge in [-0.15, -0.1) is 0 Å². The Balaban J connectivity index is 2.02. The fraction of sp³-hybridized carbons (Fsp3) is 0.800. The van der Waals surface area contributed by atoms with Crippen LogP contribution in [0.25, 0.3) is 0 Å². The first-order valence-electron chi connectivity index (χ1n) is 4.56. The molecule has 0 saturated heterocycles. The SMILES string of the molecule is C=C1C2CCC1C1CCC21. The first-order chi connectivity index (χ1) is 4.88. The van der Waals surface area contributed by atoms with Crippen molar-refractivity contribution in [2.75, 3.05) is 0 Å². The average molecular weight is 134 g/mol. The van der Waals surface area contributed by atoms with Gasteiger partial charge in [0.2, 0.25) is 0 Å². The van der Waals surface area contributed by atoms with Crippen molar-refractivity contribution in [3.05, 3.63) is 12.2 Å². The molecule has 0 heterocycles. The minimum absolute atomic E-state index is 0.976. The predicted octanol–water partition coefficient (Wildman–Crippen LogP) is 2.61. The van der Waals surface area contributed by atoms with Crippen molar-refractivity contribution in [1.29, 1.82) is 0 Å². The van der Waals surface area contributed by atoms with Gasteiger partial charge in [0, 0.05) is 0 Å². The van der Waals surface area contributed by atoms with Crippen molar-refractivity contribution in [3.8, 4) is 0 Å². The number of rotatable bonds is 0. The van der Waals surface area contributed by atoms with E-state index in [1.54, 1.807) is 5.57 Å². The summed E-state index contributed by atoms with van der Waals surface area (Å²) in [6.07, 6.45) is 5.99. The molecule has 0 spiro atoms. The van der Waals surface area contributed by atoms with E-state index < -0.39 is 0 Å². The molecule has 4 atom stereocenters. The van der Waals surface area contributed by atoms with Crippen molar-refractivity contribution in [1.82, 2.24) is 0 Å². The van der Waals surface area contributed by atoms with E-state index >= 15 is 0 Å². The molecule has 3 fully saturated rings. The molecule has 0 aromatic heterocycles. The van der Waals surface area contributed by atoms with Crippen molar-refractivity contribution in [2.24, 2.45) is 23.7 Å². The normalized spacial score (nSPS) is 56.6. The zero-order chi connectivity index (χ0) is 6.72. The van der Waals surface area contributed by atoms with E-state index in [-0.39, 0.29) is 0 Å². The van der Waals surface area contributed by atoms with Gasteiger partial charge in [-0.25, -0.2) is 0 Å². The molecule has 54 valence electrons. The molecule has 3 aliphatic carbocycles. The third-order valence-corrected chi connectivity index (χ3v) is 4.16. The molecule has 0 aliphatic heterocycles. The van der Waals surface area contributed by atoms with Crippen molar-refractivity contribution in [2.45, 2.75) is 25.7 Å². The molecule has 2 bridgehead atoms. The van der Waals surface area contributed by atoms with Crippen LogP contribution in [0.5, 0.6) is 0 Å². The molecule has 0 aromatic rings. The largest absolute Gasteiger partial charge is 0.0993 e. The Kier molecular flexibility index (Phi) is 0.805. The van der Waals surface area contributed by atoms with Crippen LogP contribution in [-0.4, -0.2) is 0 Å². The van der Waals surface area contributed by atoms with Gasteiger partial charge in [0.05, 0.1) is 0 Å². The van der Waals surface area contributed by atoms with Gasteiger partial charge in [0.25, 0.3) is 0 Å². The van der Waals surface area contributed by atoms with Gasteiger partial charge in [0.1, 0.15) is 0 Å². The lowest BCUT2D eigenvalue weighted by molar-refractivity contribution is 0.103. The van der Waals surface area contributed by atoms with E-state index in [0.29, 0.717) is 0 Å². The average Bonchev–Trinajstić information content (AvgIpc) is 2.21. The summed E-state index contributed by atoms with van der Waals surface area (Å²) in [7, 11) is 0. The summed E-state index contributed by atoms with van der Waals surface area (Å²) < 4.78 is 0. The molecule has 4 unspecified atom stereocenters. The molecule has 3 rings (SSSR count). The molecule has 0 aromatic carbocycles. The number of allylic oxidation sites excluding steroid dienone is 1. The highest BCUT2D eigenvalue weighted by molar-refractivity contribution is 5.24. The molecule has 0 amide bonds. The minimum atomic E-state index is 0.976. The van der Waals surface area contributed by atoms with E-state index in [9.17, 15) is 0 Å². The number of fused-ring (bicyclic) bond motifs is 5. The van der Waals surface area contributed by atoms with Gasteiger partial charge in [-0.3, -0.25) is 0 Å². The summed E-state index contributed by atoms with van der Waals surface area (Å²) in [5.74, 6) is 4.16. The Morgan fingerprint density at radius 1 is 0.900 bits per heavy atom. The first kappa shape index (κ1) is 5.40. The maximum atomic E-state index is 4.22. The van der Waals surface area contributed by atoms with Gasteiger partial charge in [-0.2, -0.15) is 0 Å². The first-order valence-corrected chi connectivity index (χ1v) is 4.56. The van der Waals surface area contributed by atoms with E-state index in [4.69, 9.17) is 0 Å². The fourth-order valence-electron chi connectivity index (χ4n) is 3.53. The fourth-order valence-corrected chi connectivity index (χ4v) is 3.53. The topological polar surface area (TPSA) is 0 Å². The predicted molar refractivity (Wildman–Crippen MR) is 41.6 cm³/mol. The zero-order valence-corrected chi connectivity index (χ0v) is 6.34. The van der Waals surface area contributed by atoms with Crippen LogP contribution >= 0.6 is 0 Å². The lowest BCUT2D eigenvalue weighted by Crippen LogP contribution is -2.31. The van der Waals surface area contributed by atoms with E-state index in [2.05, 4.69) is 6.58 Å². The Hall–Kier alpha value is -0.260. The van der Waals surface area contributed by atoms with Crippen LogP contribution in [-0.2, 0) is 0 Å². The van der Waals surface area contributed by atoms with Gasteiger partial charge >= 0.3 is 0 Å². The molecular formula is C10H14. The maximum Gasteiger partial charge on any atom is -0.0172 e. The van der Waals surface area contributed by atoms with Crippen LogP contribution in [0.1, 0.15) is 25.7 Å².